The fourth-order valence-corrected chi connectivity index (χ4v) is 3.35. The van der Waals surface area contributed by atoms with Crippen LogP contribution in [0.2, 0.25) is 0 Å². The van der Waals surface area contributed by atoms with Crippen molar-refractivity contribution in [3.63, 3.8) is 0 Å². The molecule has 1 amide bonds. The van der Waals surface area contributed by atoms with Gasteiger partial charge in [0.05, 0.1) is 17.1 Å². The van der Waals surface area contributed by atoms with Gasteiger partial charge in [-0.05, 0) is 13.8 Å². The monoisotopic (exact) mass is 368 g/mol. The normalized spacial score (nSPS) is 11.4. The molecule has 1 aromatic heterocycles. The van der Waals surface area contributed by atoms with Crippen molar-refractivity contribution < 1.29 is 18.0 Å². The van der Waals surface area contributed by atoms with E-state index < -0.39 is 18.6 Å². The molecule has 1 aromatic carbocycles. The minimum atomic E-state index is -4.44. The van der Waals surface area contributed by atoms with Gasteiger partial charge in [-0.3, -0.25) is 4.79 Å². The molecule has 0 aliphatic heterocycles. The Kier molecular flexibility index (Phi) is 6.00. The Morgan fingerprint density at radius 2 is 1.92 bits per heavy atom. The van der Waals surface area contributed by atoms with Crippen LogP contribution in [0.1, 0.15) is 15.4 Å². The molecule has 0 aliphatic rings. The lowest BCUT2D eigenvalue weighted by atomic mass is 10.1. The molecular weight excluding hydrogens is 349 g/mol. The molecule has 0 saturated carbocycles. The van der Waals surface area contributed by atoms with Crippen LogP contribution < -0.4 is 0 Å². The summed E-state index contributed by atoms with van der Waals surface area (Å²) in [5, 5.41) is 0.768. The molecule has 7 heteroatoms. The fourth-order valence-electron chi connectivity index (χ4n) is 2.40. The summed E-state index contributed by atoms with van der Waals surface area (Å²) in [7, 11) is 0. The predicted molar refractivity (Wildman–Crippen MR) is 93.6 cm³/mol. The van der Waals surface area contributed by atoms with Crippen molar-refractivity contribution in [1.29, 1.82) is 0 Å². The second-order valence-corrected chi connectivity index (χ2v) is 7.01. The van der Waals surface area contributed by atoms with E-state index in [2.05, 4.69) is 11.6 Å². The number of thiazole rings is 1. The van der Waals surface area contributed by atoms with Gasteiger partial charge in [0.2, 0.25) is 5.91 Å². The van der Waals surface area contributed by atoms with Gasteiger partial charge in [-0.2, -0.15) is 13.2 Å². The van der Waals surface area contributed by atoms with Gasteiger partial charge in [0.15, 0.2) is 0 Å². The molecule has 134 valence electrons. The minimum Gasteiger partial charge on any atom is -0.330 e. The number of benzene rings is 1. The number of carbonyl (C=O) groups excluding carboxylic acids is 1. The number of aromatic nitrogens is 1. The van der Waals surface area contributed by atoms with E-state index in [1.54, 1.807) is 0 Å². The SMILES string of the molecule is C=CCN(CC(F)(F)F)C(=O)Cc1sc(C)nc1-c1ccc(C)cc1. The first kappa shape index (κ1) is 19.2. The summed E-state index contributed by atoms with van der Waals surface area (Å²) in [6.45, 7) is 5.78. The van der Waals surface area contributed by atoms with E-state index in [9.17, 15) is 18.0 Å². The lowest BCUT2D eigenvalue weighted by molar-refractivity contribution is -0.159. The molecule has 2 aromatic rings. The third-order valence-electron chi connectivity index (χ3n) is 3.51. The standard InChI is InChI=1S/C18H19F3N2OS/c1-4-9-23(11-18(19,20)21)16(24)10-15-17(22-13(3)25-15)14-7-5-12(2)6-8-14/h4-8H,1,9-11H2,2-3H3. The summed E-state index contributed by atoms with van der Waals surface area (Å²) in [4.78, 5) is 18.3. The van der Waals surface area contributed by atoms with E-state index in [-0.39, 0.29) is 13.0 Å². The molecule has 0 unspecified atom stereocenters. The largest absolute Gasteiger partial charge is 0.406 e. The van der Waals surface area contributed by atoms with Crippen LogP contribution in [0.3, 0.4) is 0 Å². The van der Waals surface area contributed by atoms with Crippen molar-refractivity contribution in [3.8, 4) is 11.3 Å². The van der Waals surface area contributed by atoms with Crippen molar-refractivity contribution in [1.82, 2.24) is 9.88 Å². The summed E-state index contributed by atoms with van der Waals surface area (Å²) in [5.41, 5.74) is 2.60. The number of rotatable bonds is 6. The van der Waals surface area contributed by atoms with Gasteiger partial charge in [0.25, 0.3) is 0 Å². The van der Waals surface area contributed by atoms with Crippen molar-refractivity contribution in [2.24, 2.45) is 0 Å². The molecule has 3 nitrogen and oxygen atoms in total. The first-order valence-corrected chi connectivity index (χ1v) is 8.50. The van der Waals surface area contributed by atoms with Gasteiger partial charge >= 0.3 is 6.18 Å². The van der Waals surface area contributed by atoms with Crippen LogP contribution in [0.4, 0.5) is 13.2 Å². The lowest BCUT2D eigenvalue weighted by Gasteiger charge is -2.22. The van der Waals surface area contributed by atoms with Crippen molar-refractivity contribution in [2.75, 3.05) is 13.1 Å². The minimum absolute atomic E-state index is 0.112. The van der Waals surface area contributed by atoms with Gasteiger partial charge in [0, 0.05) is 17.0 Å². The predicted octanol–water partition coefficient (Wildman–Crippen LogP) is 4.55. The maximum Gasteiger partial charge on any atom is 0.406 e. The molecule has 25 heavy (non-hydrogen) atoms. The van der Waals surface area contributed by atoms with E-state index in [0.717, 1.165) is 21.0 Å². The Morgan fingerprint density at radius 3 is 2.48 bits per heavy atom. The van der Waals surface area contributed by atoms with Crippen molar-refractivity contribution >= 4 is 17.2 Å². The Labute approximate surface area is 148 Å². The highest BCUT2D eigenvalue weighted by Gasteiger charge is 2.32. The summed E-state index contributed by atoms with van der Waals surface area (Å²) in [6, 6.07) is 7.66. The van der Waals surface area contributed by atoms with Gasteiger partial charge in [-0.15, -0.1) is 17.9 Å². The Hall–Kier alpha value is -2.15. The molecule has 0 N–H and O–H groups in total. The molecule has 0 saturated heterocycles. The Bertz CT molecular complexity index is 751. The number of nitrogens with zero attached hydrogens (tertiary/aromatic N) is 2. The molecule has 0 atom stereocenters. The maximum atomic E-state index is 12.7. The first-order chi connectivity index (χ1) is 11.7. The topological polar surface area (TPSA) is 33.2 Å². The second-order valence-electron chi connectivity index (χ2n) is 5.73. The average molecular weight is 368 g/mol. The van der Waals surface area contributed by atoms with Crippen LogP contribution in [0.5, 0.6) is 0 Å². The number of hydrogen-bond donors (Lipinski definition) is 0. The molecular formula is C18H19F3N2OS. The lowest BCUT2D eigenvalue weighted by Crippen LogP contribution is -2.39. The molecule has 0 radical (unpaired) electrons. The highest BCUT2D eigenvalue weighted by Crippen LogP contribution is 2.29. The van der Waals surface area contributed by atoms with Crippen molar-refractivity contribution in [2.45, 2.75) is 26.4 Å². The van der Waals surface area contributed by atoms with Crippen LogP contribution in [-0.2, 0) is 11.2 Å². The van der Waals surface area contributed by atoms with Crippen molar-refractivity contribution in [3.05, 3.63) is 52.4 Å². The van der Waals surface area contributed by atoms with Crippen LogP contribution in [0.15, 0.2) is 36.9 Å². The number of alkyl halides is 3. The quantitative estimate of drug-likeness (QED) is 0.701. The number of halogens is 3. The third-order valence-corrected chi connectivity index (χ3v) is 4.48. The number of hydrogen-bond acceptors (Lipinski definition) is 3. The summed E-state index contributed by atoms with van der Waals surface area (Å²) in [5.74, 6) is -0.589. The second kappa shape index (κ2) is 7.82. The van der Waals surface area contributed by atoms with Crippen LogP contribution in [0.25, 0.3) is 11.3 Å². The number of aryl methyl sites for hydroxylation is 2. The number of amides is 1. The smallest absolute Gasteiger partial charge is 0.330 e. The van der Waals surface area contributed by atoms with E-state index in [1.807, 2.05) is 38.1 Å². The van der Waals surface area contributed by atoms with Crippen LogP contribution in [-0.4, -0.2) is 35.1 Å². The van der Waals surface area contributed by atoms with E-state index in [4.69, 9.17) is 0 Å². The highest BCUT2D eigenvalue weighted by atomic mass is 32.1. The van der Waals surface area contributed by atoms with Gasteiger partial charge in [-0.1, -0.05) is 35.9 Å². The van der Waals surface area contributed by atoms with Gasteiger partial charge in [0.1, 0.15) is 6.54 Å². The molecule has 0 spiro atoms. The third kappa shape index (κ3) is 5.42. The highest BCUT2D eigenvalue weighted by molar-refractivity contribution is 7.12. The zero-order chi connectivity index (χ0) is 18.6. The molecule has 0 aliphatic carbocycles. The van der Waals surface area contributed by atoms with Gasteiger partial charge < -0.3 is 4.90 Å². The Morgan fingerprint density at radius 1 is 1.28 bits per heavy atom. The molecule has 0 fully saturated rings. The zero-order valence-corrected chi connectivity index (χ0v) is 14.9. The van der Waals surface area contributed by atoms with E-state index in [0.29, 0.717) is 10.6 Å². The van der Waals surface area contributed by atoms with Crippen LogP contribution >= 0.6 is 11.3 Å². The number of carbonyl (C=O) groups is 1. The molecule has 0 bridgehead atoms. The first-order valence-electron chi connectivity index (χ1n) is 7.68. The fraction of sp³-hybridized carbons (Fsp3) is 0.333. The maximum absolute atomic E-state index is 12.7. The van der Waals surface area contributed by atoms with Gasteiger partial charge in [-0.25, -0.2) is 4.98 Å². The molecule has 2 rings (SSSR count). The summed E-state index contributed by atoms with van der Waals surface area (Å²) < 4.78 is 38.0. The Balaban J connectivity index is 2.25. The van der Waals surface area contributed by atoms with E-state index >= 15 is 0 Å². The molecule has 1 heterocycles. The zero-order valence-electron chi connectivity index (χ0n) is 14.1. The van der Waals surface area contributed by atoms with E-state index in [1.165, 1.54) is 17.4 Å². The average Bonchev–Trinajstić information content (AvgIpc) is 2.87. The summed E-state index contributed by atoms with van der Waals surface area (Å²) >= 11 is 1.33. The summed E-state index contributed by atoms with van der Waals surface area (Å²) in [6.07, 6.45) is -3.26. The van der Waals surface area contributed by atoms with Crippen LogP contribution in [0, 0.1) is 13.8 Å².